The first kappa shape index (κ1) is 15.1. The van der Waals surface area contributed by atoms with E-state index >= 15 is 0 Å². The predicted molar refractivity (Wildman–Crippen MR) is 87.9 cm³/mol. The Balaban J connectivity index is 2.53. The standard InChI is InChI=1S/C16H18Cl2N2/c1-4-8-19-16-14(18)9-13(17)15(20-16)12-7-5-6-10(2)11(12)3/h5-7,9H,4,8H2,1-3H3,(H,19,20). The molecule has 106 valence electrons. The summed E-state index contributed by atoms with van der Waals surface area (Å²) in [5.41, 5.74) is 4.23. The molecule has 1 heterocycles. The summed E-state index contributed by atoms with van der Waals surface area (Å²) < 4.78 is 0. The van der Waals surface area contributed by atoms with Gasteiger partial charge in [-0.25, -0.2) is 4.98 Å². The molecule has 0 atom stereocenters. The minimum absolute atomic E-state index is 0.553. The van der Waals surface area contributed by atoms with Crippen molar-refractivity contribution in [2.45, 2.75) is 27.2 Å². The molecule has 0 fully saturated rings. The SMILES string of the molecule is CCCNc1nc(-c2cccc(C)c2C)c(Cl)cc1Cl. The van der Waals surface area contributed by atoms with Crippen molar-refractivity contribution in [2.24, 2.45) is 0 Å². The van der Waals surface area contributed by atoms with Crippen LogP contribution in [-0.4, -0.2) is 11.5 Å². The van der Waals surface area contributed by atoms with E-state index in [1.165, 1.54) is 11.1 Å². The van der Waals surface area contributed by atoms with Crippen LogP contribution in [0.3, 0.4) is 0 Å². The number of pyridine rings is 1. The quantitative estimate of drug-likeness (QED) is 0.807. The van der Waals surface area contributed by atoms with Crippen LogP contribution in [-0.2, 0) is 0 Å². The van der Waals surface area contributed by atoms with Gasteiger partial charge < -0.3 is 5.32 Å². The summed E-state index contributed by atoms with van der Waals surface area (Å²) in [4.78, 5) is 4.61. The molecule has 4 heteroatoms. The minimum Gasteiger partial charge on any atom is -0.369 e. The van der Waals surface area contributed by atoms with Gasteiger partial charge in [0.15, 0.2) is 0 Å². The average Bonchev–Trinajstić information content (AvgIpc) is 2.41. The Kier molecular flexibility index (Phi) is 4.90. The first-order chi connectivity index (χ1) is 9.54. The molecule has 0 aliphatic rings. The number of aromatic nitrogens is 1. The van der Waals surface area contributed by atoms with Gasteiger partial charge in [0.25, 0.3) is 0 Å². The molecule has 2 nitrogen and oxygen atoms in total. The fourth-order valence-corrected chi connectivity index (χ4v) is 2.56. The van der Waals surface area contributed by atoms with Crippen molar-refractivity contribution < 1.29 is 0 Å². The zero-order valence-corrected chi connectivity index (χ0v) is 13.4. The molecule has 2 aromatic rings. The van der Waals surface area contributed by atoms with Gasteiger partial charge in [-0.3, -0.25) is 0 Å². The van der Waals surface area contributed by atoms with E-state index < -0.39 is 0 Å². The Morgan fingerprint density at radius 2 is 1.90 bits per heavy atom. The lowest BCUT2D eigenvalue weighted by Crippen LogP contribution is -2.04. The largest absolute Gasteiger partial charge is 0.369 e. The third kappa shape index (κ3) is 3.08. The van der Waals surface area contributed by atoms with Crippen molar-refractivity contribution in [2.75, 3.05) is 11.9 Å². The van der Waals surface area contributed by atoms with Crippen molar-refractivity contribution in [3.63, 3.8) is 0 Å². The molecule has 0 unspecified atom stereocenters. The molecular formula is C16H18Cl2N2. The highest BCUT2D eigenvalue weighted by molar-refractivity contribution is 6.37. The highest BCUT2D eigenvalue weighted by Gasteiger charge is 2.13. The van der Waals surface area contributed by atoms with E-state index in [1.807, 2.05) is 12.1 Å². The fourth-order valence-electron chi connectivity index (χ4n) is 2.03. The van der Waals surface area contributed by atoms with Crippen LogP contribution in [0.4, 0.5) is 5.82 Å². The monoisotopic (exact) mass is 308 g/mol. The Labute approximate surface area is 130 Å². The van der Waals surface area contributed by atoms with Crippen LogP contribution in [0.5, 0.6) is 0 Å². The van der Waals surface area contributed by atoms with Crippen LogP contribution in [0.2, 0.25) is 10.0 Å². The van der Waals surface area contributed by atoms with E-state index in [-0.39, 0.29) is 0 Å². The Morgan fingerprint density at radius 3 is 2.60 bits per heavy atom. The molecule has 1 aromatic heterocycles. The van der Waals surface area contributed by atoms with Crippen LogP contribution in [0.25, 0.3) is 11.3 Å². The van der Waals surface area contributed by atoms with Crippen molar-refractivity contribution in [1.82, 2.24) is 4.98 Å². The van der Waals surface area contributed by atoms with Crippen molar-refractivity contribution in [3.8, 4) is 11.3 Å². The number of nitrogens with one attached hydrogen (secondary N) is 1. The van der Waals surface area contributed by atoms with Crippen LogP contribution >= 0.6 is 23.2 Å². The van der Waals surface area contributed by atoms with Gasteiger partial charge in [0.2, 0.25) is 0 Å². The zero-order chi connectivity index (χ0) is 14.7. The highest BCUT2D eigenvalue weighted by atomic mass is 35.5. The molecule has 0 spiro atoms. The molecule has 0 amide bonds. The Morgan fingerprint density at radius 1 is 1.15 bits per heavy atom. The Hall–Kier alpha value is -1.25. The molecule has 0 bridgehead atoms. The van der Waals surface area contributed by atoms with Gasteiger partial charge in [-0.05, 0) is 37.5 Å². The third-order valence-electron chi connectivity index (χ3n) is 3.33. The summed E-state index contributed by atoms with van der Waals surface area (Å²) >= 11 is 12.5. The van der Waals surface area contributed by atoms with E-state index in [0.717, 1.165) is 24.2 Å². The van der Waals surface area contributed by atoms with Crippen molar-refractivity contribution in [3.05, 3.63) is 45.4 Å². The van der Waals surface area contributed by atoms with Gasteiger partial charge in [-0.15, -0.1) is 0 Å². The molecule has 2 rings (SSSR count). The second kappa shape index (κ2) is 6.47. The van der Waals surface area contributed by atoms with E-state index in [0.29, 0.717) is 15.9 Å². The van der Waals surface area contributed by atoms with Crippen molar-refractivity contribution in [1.29, 1.82) is 0 Å². The van der Waals surface area contributed by atoms with Gasteiger partial charge in [0.1, 0.15) is 5.82 Å². The smallest absolute Gasteiger partial charge is 0.145 e. The molecule has 0 aliphatic carbocycles. The number of nitrogens with zero attached hydrogens (tertiary/aromatic N) is 1. The molecule has 0 saturated heterocycles. The zero-order valence-electron chi connectivity index (χ0n) is 11.9. The Bertz CT molecular complexity index is 624. The number of benzene rings is 1. The highest BCUT2D eigenvalue weighted by Crippen LogP contribution is 2.34. The minimum atomic E-state index is 0.553. The molecule has 1 N–H and O–H groups in total. The topological polar surface area (TPSA) is 24.9 Å². The maximum atomic E-state index is 6.32. The second-order valence-corrected chi connectivity index (χ2v) is 5.64. The molecular weight excluding hydrogens is 291 g/mol. The number of anilines is 1. The summed E-state index contributed by atoms with van der Waals surface area (Å²) in [5.74, 6) is 0.689. The maximum absolute atomic E-state index is 6.32. The van der Waals surface area contributed by atoms with E-state index in [1.54, 1.807) is 6.07 Å². The third-order valence-corrected chi connectivity index (χ3v) is 3.91. The fraction of sp³-hybridized carbons (Fsp3) is 0.312. The van der Waals surface area contributed by atoms with Gasteiger partial charge in [-0.2, -0.15) is 0 Å². The van der Waals surface area contributed by atoms with E-state index in [9.17, 15) is 0 Å². The number of halogens is 2. The molecule has 1 aromatic carbocycles. The maximum Gasteiger partial charge on any atom is 0.145 e. The predicted octanol–water partition coefficient (Wildman–Crippen LogP) is 5.49. The van der Waals surface area contributed by atoms with Crippen LogP contribution in [0, 0.1) is 13.8 Å². The summed E-state index contributed by atoms with van der Waals surface area (Å²) in [5, 5.41) is 4.36. The van der Waals surface area contributed by atoms with Gasteiger partial charge in [0, 0.05) is 12.1 Å². The van der Waals surface area contributed by atoms with E-state index in [2.05, 4.69) is 37.1 Å². The summed E-state index contributed by atoms with van der Waals surface area (Å²) in [6.45, 7) is 7.10. The van der Waals surface area contributed by atoms with Crippen molar-refractivity contribution >= 4 is 29.0 Å². The number of hydrogen-bond acceptors (Lipinski definition) is 2. The van der Waals surface area contributed by atoms with Gasteiger partial charge in [-0.1, -0.05) is 48.3 Å². The van der Waals surface area contributed by atoms with Crippen LogP contribution < -0.4 is 5.32 Å². The number of aryl methyl sites for hydroxylation is 1. The summed E-state index contributed by atoms with van der Waals surface area (Å²) in [7, 11) is 0. The average molecular weight is 309 g/mol. The molecule has 0 aliphatic heterocycles. The lowest BCUT2D eigenvalue weighted by atomic mass is 10.0. The second-order valence-electron chi connectivity index (χ2n) is 4.82. The van der Waals surface area contributed by atoms with E-state index in [4.69, 9.17) is 23.2 Å². The van der Waals surface area contributed by atoms with Crippen LogP contribution in [0.1, 0.15) is 24.5 Å². The summed E-state index contributed by atoms with van der Waals surface area (Å²) in [6, 6.07) is 7.89. The number of hydrogen-bond donors (Lipinski definition) is 1. The van der Waals surface area contributed by atoms with Crippen LogP contribution in [0.15, 0.2) is 24.3 Å². The normalized spacial score (nSPS) is 10.7. The first-order valence-corrected chi connectivity index (χ1v) is 7.46. The lowest BCUT2D eigenvalue weighted by Gasteiger charge is -2.13. The molecule has 20 heavy (non-hydrogen) atoms. The molecule has 0 radical (unpaired) electrons. The van der Waals surface area contributed by atoms with Gasteiger partial charge in [0.05, 0.1) is 15.7 Å². The van der Waals surface area contributed by atoms with Gasteiger partial charge >= 0.3 is 0 Å². The molecule has 0 saturated carbocycles. The number of rotatable bonds is 4. The lowest BCUT2D eigenvalue weighted by molar-refractivity contribution is 0.970. The first-order valence-electron chi connectivity index (χ1n) is 6.71. The summed E-state index contributed by atoms with van der Waals surface area (Å²) in [6.07, 6.45) is 1.01.